The maximum Gasteiger partial charge on any atom is 0.124 e. The van der Waals surface area contributed by atoms with Crippen molar-refractivity contribution >= 4 is 47.2 Å². The average molecular weight is 461 g/mol. The van der Waals surface area contributed by atoms with Crippen LogP contribution in [0.3, 0.4) is 0 Å². The fourth-order valence-corrected chi connectivity index (χ4v) is 3.22. The van der Waals surface area contributed by atoms with Crippen LogP contribution in [-0.2, 0) is 19.7 Å². The molecule has 0 radical (unpaired) electrons. The zero-order chi connectivity index (χ0) is 19.2. The van der Waals surface area contributed by atoms with Gasteiger partial charge in [0.1, 0.15) is 18.2 Å². The smallest absolute Gasteiger partial charge is 0.124 e. The Balaban J connectivity index is 0.00000280. The SMILES string of the molecule is Cl.Fc1ccc(CNCc2cc(Cl)ccc2OCc2ccc(Cl)cc2Cl)cc1. The van der Waals surface area contributed by atoms with Crippen molar-refractivity contribution in [3.8, 4) is 5.75 Å². The number of rotatable bonds is 7. The molecule has 0 heterocycles. The third-order valence-corrected chi connectivity index (χ3v) is 4.80. The van der Waals surface area contributed by atoms with Crippen molar-refractivity contribution < 1.29 is 9.13 Å². The predicted molar refractivity (Wildman–Crippen MR) is 116 cm³/mol. The predicted octanol–water partition coefficient (Wildman–Crippen LogP) is 7.08. The summed E-state index contributed by atoms with van der Waals surface area (Å²) in [5, 5.41) is 5.09. The highest BCUT2D eigenvalue weighted by atomic mass is 35.5. The number of hydrogen-bond donors (Lipinski definition) is 1. The van der Waals surface area contributed by atoms with Crippen molar-refractivity contribution in [1.82, 2.24) is 5.32 Å². The van der Waals surface area contributed by atoms with Crippen LogP contribution in [0.15, 0.2) is 60.7 Å². The first-order valence-electron chi connectivity index (χ1n) is 8.31. The van der Waals surface area contributed by atoms with Gasteiger partial charge in [0.15, 0.2) is 0 Å². The second kappa shape index (κ2) is 10.9. The first-order valence-corrected chi connectivity index (χ1v) is 9.45. The zero-order valence-electron chi connectivity index (χ0n) is 14.7. The van der Waals surface area contributed by atoms with Crippen molar-refractivity contribution in [3.63, 3.8) is 0 Å². The molecule has 0 fully saturated rings. The Kier molecular flexibility index (Phi) is 8.87. The summed E-state index contributed by atoms with van der Waals surface area (Å²) in [5.74, 6) is 0.474. The first-order chi connectivity index (χ1) is 13.0. The van der Waals surface area contributed by atoms with Crippen LogP contribution in [0.2, 0.25) is 15.1 Å². The lowest BCUT2D eigenvalue weighted by Gasteiger charge is -2.14. The molecule has 0 amide bonds. The largest absolute Gasteiger partial charge is 0.489 e. The molecule has 0 atom stereocenters. The third-order valence-electron chi connectivity index (χ3n) is 3.98. The monoisotopic (exact) mass is 459 g/mol. The number of nitrogens with one attached hydrogen (secondary N) is 1. The van der Waals surface area contributed by atoms with E-state index in [-0.39, 0.29) is 18.2 Å². The summed E-state index contributed by atoms with van der Waals surface area (Å²) in [7, 11) is 0. The van der Waals surface area contributed by atoms with Crippen molar-refractivity contribution in [2.24, 2.45) is 0 Å². The van der Waals surface area contributed by atoms with Crippen molar-refractivity contribution in [2.45, 2.75) is 19.7 Å². The van der Waals surface area contributed by atoms with E-state index in [0.717, 1.165) is 22.4 Å². The molecule has 0 aliphatic heterocycles. The number of ether oxygens (including phenoxy) is 1. The van der Waals surface area contributed by atoms with Crippen LogP contribution in [0.1, 0.15) is 16.7 Å². The lowest BCUT2D eigenvalue weighted by molar-refractivity contribution is 0.302. The van der Waals surface area contributed by atoms with E-state index in [1.54, 1.807) is 30.3 Å². The normalized spacial score (nSPS) is 10.4. The highest BCUT2D eigenvalue weighted by Crippen LogP contribution is 2.26. The van der Waals surface area contributed by atoms with Gasteiger partial charge in [-0.2, -0.15) is 0 Å². The molecule has 0 saturated heterocycles. The molecular formula is C21H18Cl4FNO. The molecule has 0 saturated carbocycles. The van der Waals surface area contributed by atoms with Crippen LogP contribution in [0, 0.1) is 5.82 Å². The molecule has 3 aromatic rings. The lowest BCUT2D eigenvalue weighted by atomic mass is 10.1. The molecule has 2 nitrogen and oxygen atoms in total. The van der Waals surface area contributed by atoms with Crippen LogP contribution < -0.4 is 10.1 Å². The summed E-state index contributed by atoms with van der Waals surface area (Å²) in [6, 6.07) is 17.2. The van der Waals surface area contributed by atoms with Crippen molar-refractivity contribution in [1.29, 1.82) is 0 Å². The summed E-state index contributed by atoms with van der Waals surface area (Å²) in [4.78, 5) is 0. The molecular weight excluding hydrogens is 443 g/mol. The van der Waals surface area contributed by atoms with Gasteiger partial charge in [-0.15, -0.1) is 12.4 Å². The average Bonchev–Trinajstić information content (AvgIpc) is 2.64. The topological polar surface area (TPSA) is 21.3 Å². The molecule has 0 spiro atoms. The van der Waals surface area contributed by atoms with E-state index < -0.39 is 0 Å². The second-order valence-electron chi connectivity index (χ2n) is 6.01. The maximum atomic E-state index is 13.0. The highest BCUT2D eigenvalue weighted by Gasteiger charge is 2.08. The number of hydrogen-bond acceptors (Lipinski definition) is 2. The van der Waals surface area contributed by atoms with Gasteiger partial charge in [-0.05, 0) is 48.0 Å². The fourth-order valence-electron chi connectivity index (χ4n) is 2.56. The minimum absolute atomic E-state index is 0. The molecule has 0 bridgehead atoms. The first kappa shape index (κ1) is 22.8. The Morgan fingerprint density at radius 3 is 2.18 bits per heavy atom. The number of benzene rings is 3. The Morgan fingerprint density at radius 1 is 0.786 bits per heavy atom. The Bertz CT molecular complexity index is 919. The molecule has 1 N–H and O–H groups in total. The van der Waals surface area contributed by atoms with E-state index in [9.17, 15) is 4.39 Å². The van der Waals surface area contributed by atoms with Gasteiger partial charge in [0, 0.05) is 39.3 Å². The van der Waals surface area contributed by atoms with Crippen molar-refractivity contribution in [2.75, 3.05) is 0 Å². The third kappa shape index (κ3) is 6.54. The molecule has 148 valence electrons. The molecule has 0 aromatic heterocycles. The Hall–Kier alpha value is -1.49. The van der Waals surface area contributed by atoms with Crippen LogP contribution in [0.25, 0.3) is 0 Å². The van der Waals surface area contributed by atoms with E-state index in [0.29, 0.717) is 34.8 Å². The summed E-state index contributed by atoms with van der Waals surface area (Å²) < 4.78 is 18.9. The summed E-state index contributed by atoms with van der Waals surface area (Å²) >= 11 is 18.3. The van der Waals surface area contributed by atoms with E-state index in [4.69, 9.17) is 39.5 Å². The van der Waals surface area contributed by atoms with Crippen LogP contribution in [-0.4, -0.2) is 0 Å². The lowest BCUT2D eigenvalue weighted by Crippen LogP contribution is -2.13. The van der Waals surface area contributed by atoms with Gasteiger partial charge < -0.3 is 10.1 Å². The molecule has 3 rings (SSSR count). The molecule has 7 heteroatoms. The summed E-state index contributed by atoms with van der Waals surface area (Å²) in [6.45, 7) is 1.49. The van der Waals surface area contributed by atoms with E-state index in [2.05, 4.69) is 5.32 Å². The Morgan fingerprint density at radius 2 is 1.46 bits per heavy atom. The number of halogens is 5. The van der Waals surface area contributed by atoms with Gasteiger partial charge in [0.25, 0.3) is 0 Å². The Labute approximate surface area is 185 Å². The second-order valence-corrected chi connectivity index (χ2v) is 7.29. The minimum Gasteiger partial charge on any atom is -0.489 e. The van der Waals surface area contributed by atoms with Gasteiger partial charge in [0.2, 0.25) is 0 Å². The fraction of sp³-hybridized carbons (Fsp3) is 0.143. The van der Waals surface area contributed by atoms with E-state index in [1.807, 2.05) is 18.2 Å². The quantitative estimate of drug-likeness (QED) is 0.406. The van der Waals surface area contributed by atoms with Crippen LogP contribution in [0.5, 0.6) is 5.75 Å². The van der Waals surface area contributed by atoms with Gasteiger partial charge in [-0.25, -0.2) is 4.39 Å². The maximum absolute atomic E-state index is 13.0. The summed E-state index contributed by atoms with van der Waals surface area (Å²) in [5.41, 5.74) is 2.77. The molecule has 3 aromatic carbocycles. The van der Waals surface area contributed by atoms with Gasteiger partial charge in [-0.3, -0.25) is 0 Å². The zero-order valence-corrected chi connectivity index (χ0v) is 17.8. The molecule has 0 aliphatic carbocycles. The molecule has 0 unspecified atom stereocenters. The highest BCUT2D eigenvalue weighted by molar-refractivity contribution is 6.35. The van der Waals surface area contributed by atoms with Gasteiger partial charge in [-0.1, -0.05) is 53.0 Å². The van der Waals surface area contributed by atoms with Crippen molar-refractivity contribution in [3.05, 3.63) is 98.2 Å². The van der Waals surface area contributed by atoms with Gasteiger partial charge in [0.05, 0.1) is 0 Å². The minimum atomic E-state index is -0.245. The van der Waals surface area contributed by atoms with E-state index in [1.165, 1.54) is 12.1 Å². The van der Waals surface area contributed by atoms with Gasteiger partial charge >= 0.3 is 0 Å². The summed E-state index contributed by atoms with van der Waals surface area (Å²) in [6.07, 6.45) is 0. The van der Waals surface area contributed by atoms with Crippen LogP contribution in [0.4, 0.5) is 4.39 Å². The standard InChI is InChI=1S/C21H17Cl3FNO.ClH/c22-17-5-8-21(27-13-15-3-4-18(23)10-20(15)24)16(9-17)12-26-11-14-1-6-19(25)7-2-14;/h1-10,26H,11-13H2;1H. The molecule has 0 aliphatic rings. The van der Waals surface area contributed by atoms with E-state index >= 15 is 0 Å². The molecule has 28 heavy (non-hydrogen) atoms. The van der Waals surface area contributed by atoms with Crippen LogP contribution >= 0.6 is 47.2 Å².